The van der Waals surface area contributed by atoms with Gasteiger partial charge < -0.3 is 0 Å². The van der Waals surface area contributed by atoms with Crippen molar-refractivity contribution in [3.05, 3.63) is 0 Å². The molecule has 53 valence electrons. The molecule has 0 atom stereocenters. The third kappa shape index (κ3) is 11.8. The maximum atomic E-state index is 2.27. The molecule has 0 N–H and O–H groups in total. The van der Waals surface area contributed by atoms with E-state index < -0.39 is 0 Å². The smallest absolute Gasteiger partial charge is 0 e. The molecular weight excluding hydrogens is 127 g/mol. The lowest BCUT2D eigenvalue weighted by atomic mass is 10.2. The second kappa shape index (κ2) is 8.41. The van der Waals surface area contributed by atoms with Gasteiger partial charge in [-0.2, -0.15) is 11.8 Å². The quantitative estimate of drug-likeness (QED) is 0.430. The summed E-state index contributed by atoms with van der Waals surface area (Å²) in [6.07, 6.45) is 1.37. The lowest BCUT2D eigenvalue weighted by Crippen LogP contribution is -1.88. The van der Waals surface area contributed by atoms with Gasteiger partial charge in [-0.25, -0.2) is 0 Å². The first-order chi connectivity index (χ1) is 3.77. The van der Waals surface area contributed by atoms with Gasteiger partial charge in [-0.15, -0.1) is 0 Å². The number of hydrogen-bond donors (Lipinski definition) is 0. The van der Waals surface area contributed by atoms with Crippen molar-refractivity contribution in [1.29, 1.82) is 0 Å². The average molecular weight is 143 g/mol. The van der Waals surface area contributed by atoms with Crippen LogP contribution in [0.2, 0.25) is 0 Å². The van der Waals surface area contributed by atoms with E-state index in [2.05, 4.69) is 20.8 Å². The van der Waals surface area contributed by atoms with Crippen molar-refractivity contribution in [1.82, 2.24) is 0 Å². The highest BCUT2D eigenvalue weighted by molar-refractivity contribution is 7.99. The van der Waals surface area contributed by atoms with Crippen LogP contribution in [0.15, 0.2) is 0 Å². The minimum Gasteiger partial charge on any atom is -0.162 e. The van der Waals surface area contributed by atoms with E-state index in [0.717, 1.165) is 5.92 Å². The zero-order valence-electron chi connectivity index (χ0n) is 6.68. The Morgan fingerprint density at radius 1 is 1.33 bits per heavy atom. The summed E-state index contributed by atoms with van der Waals surface area (Å²) in [6, 6.07) is 0. The number of rotatable bonds is 4. The molecule has 0 saturated heterocycles. The topological polar surface area (TPSA) is 0 Å². The summed E-state index contributed by atoms with van der Waals surface area (Å²) < 4.78 is 0. The molecular formula is C7H16BS. The Bertz CT molecular complexity index is 46.2. The predicted octanol–water partition coefficient (Wildman–Crippen LogP) is 2.40. The summed E-state index contributed by atoms with van der Waals surface area (Å²) >= 11 is 2.04. The van der Waals surface area contributed by atoms with Crippen LogP contribution in [0.5, 0.6) is 0 Å². The van der Waals surface area contributed by atoms with Crippen LogP contribution in [-0.4, -0.2) is 19.9 Å². The van der Waals surface area contributed by atoms with Crippen LogP contribution in [0.4, 0.5) is 0 Å². The van der Waals surface area contributed by atoms with E-state index in [1.54, 1.807) is 0 Å². The summed E-state index contributed by atoms with van der Waals surface area (Å²) in [6.45, 7) is 6.76. The monoisotopic (exact) mass is 143 g/mol. The molecule has 0 amide bonds. The maximum absolute atomic E-state index is 2.27. The summed E-state index contributed by atoms with van der Waals surface area (Å²) in [5, 5.41) is 0. The molecule has 0 aromatic carbocycles. The molecule has 0 bridgehead atoms. The summed E-state index contributed by atoms with van der Waals surface area (Å²) in [7, 11) is 0. The highest BCUT2D eigenvalue weighted by Crippen LogP contribution is 2.06. The molecule has 0 unspecified atom stereocenters. The van der Waals surface area contributed by atoms with Crippen LogP contribution in [0.25, 0.3) is 0 Å². The Labute approximate surface area is 65.4 Å². The normalized spacial score (nSPS) is 9.33. The second-order valence-electron chi connectivity index (χ2n) is 2.38. The second-order valence-corrected chi connectivity index (χ2v) is 3.77. The molecule has 0 heterocycles. The third-order valence-electron chi connectivity index (χ3n) is 1.04. The minimum absolute atomic E-state index is 0. The van der Waals surface area contributed by atoms with Gasteiger partial charge in [-0.1, -0.05) is 20.8 Å². The fourth-order valence-corrected chi connectivity index (χ4v) is 1.39. The highest BCUT2D eigenvalue weighted by atomic mass is 32.2. The summed E-state index contributed by atoms with van der Waals surface area (Å²) in [4.78, 5) is 0. The highest BCUT2D eigenvalue weighted by Gasteiger charge is 1.90. The van der Waals surface area contributed by atoms with Crippen molar-refractivity contribution < 1.29 is 0 Å². The van der Waals surface area contributed by atoms with Gasteiger partial charge in [0.15, 0.2) is 0 Å². The molecule has 9 heavy (non-hydrogen) atoms. The van der Waals surface area contributed by atoms with Gasteiger partial charge in [0.25, 0.3) is 0 Å². The fraction of sp³-hybridized carbons (Fsp3) is 1.00. The molecule has 0 fully saturated rings. The van der Waals surface area contributed by atoms with Crippen LogP contribution in [0.1, 0.15) is 27.2 Å². The van der Waals surface area contributed by atoms with Crippen LogP contribution >= 0.6 is 11.8 Å². The minimum atomic E-state index is 0. The SMILES string of the molecule is CCSCCC(C)C.[B]. The molecule has 0 saturated carbocycles. The standard InChI is InChI=1S/C7H16S.B/c1-4-8-6-5-7(2)3;/h7H,4-6H2,1-3H3;. The average Bonchev–Trinajstić information content (AvgIpc) is 1.66. The van der Waals surface area contributed by atoms with Crippen molar-refractivity contribution in [3.63, 3.8) is 0 Å². The van der Waals surface area contributed by atoms with E-state index in [-0.39, 0.29) is 8.41 Å². The van der Waals surface area contributed by atoms with Crippen molar-refractivity contribution in [2.75, 3.05) is 11.5 Å². The molecule has 0 aromatic rings. The van der Waals surface area contributed by atoms with Crippen LogP contribution in [0.3, 0.4) is 0 Å². The van der Waals surface area contributed by atoms with Gasteiger partial charge in [0.05, 0.1) is 0 Å². The molecule has 2 heteroatoms. The number of thioether (sulfide) groups is 1. The molecule has 0 spiro atoms. The first kappa shape index (κ1) is 12.1. The molecule has 0 nitrogen and oxygen atoms in total. The lowest BCUT2D eigenvalue weighted by molar-refractivity contribution is 0.632. The Balaban J connectivity index is 0. The Morgan fingerprint density at radius 2 is 1.89 bits per heavy atom. The van der Waals surface area contributed by atoms with E-state index >= 15 is 0 Å². The van der Waals surface area contributed by atoms with Gasteiger partial charge in [-0.3, -0.25) is 0 Å². The lowest BCUT2D eigenvalue weighted by Gasteiger charge is -2.00. The van der Waals surface area contributed by atoms with Crippen LogP contribution < -0.4 is 0 Å². The summed E-state index contributed by atoms with van der Waals surface area (Å²) in [5.41, 5.74) is 0. The zero-order valence-corrected chi connectivity index (χ0v) is 7.50. The van der Waals surface area contributed by atoms with E-state index in [9.17, 15) is 0 Å². The van der Waals surface area contributed by atoms with Gasteiger partial charge in [-0.05, 0) is 23.8 Å². The largest absolute Gasteiger partial charge is 0.162 e. The van der Waals surface area contributed by atoms with Gasteiger partial charge >= 0.3 is 0 Å². The first-order valence-corrected chi connectivity index (χ1v) is 4.50. The van der Waals surface area contributed by atoms with Crippen molar-refractivity contribution in [2.45, 2.75) is 27.2 Å². The van der Waals surface area contributed by atoms with Crippen molar-refractivity contribution in [2.24, 2.45) is 5.92 Å². The van der Waals surface area contributed by atoms with Gasteiger partial charge in [0.2, 0.25) is 0 Å². The van der Waals surface area contributed by atoms with Crippen molar-refractivity contribution in [3.8, 4) is 0 Å². The Hall–Kier alpha value is 0.415. The van der Waals surface area contributed by atoms with E-state index in [0.29, 0.717) is 0 Å². The molecule has 0 rings (SSSR count). The Kier molecular flexibility index (Phi) is 11.3. The number of hydrogen-bond acceptors (Lipinski definition) is 1. The fourth-order valence-electron chi connectivity index (χ4n) is 0.463. The summed E-state index contributed by atoms with van der Waals surface area (Å²) in [5.74, 6) is 3.50. The zero-order chi connectivity index (χ0) is 6.41. The van der Waals surface area contributed by atoms with Crippen LogP contribution in [0, 0.1) is 5.92 Å². The van der Waals surface area contributed by atoms with E-state index in [4.69, 9.17) is 0 Å². The Morgan fingerprint density at radius 3 is 2.22 bits per heavy atom. The van der Waals surface area contributed by atoms with Crippen molar-refractivity contribution >= 4 is 20.2 Å². The van der Waals surface area contributed by atoms with Gasteiger partial charge in [0.1, 0.15) is 0 Å². The third-order valence-corrected chi connectivity index (χ3v) is 1.98. The van der Waals surface area contributed by atoms with Crippen LogP contribution in [-0.2, 0) is 0 Å². The molecule has 0 aliphatic carbocycles. The first-order valence-electron chi connectivity index (χ1n) is 3.35. The molecule has 0 aromatic heterocycles. The molecule has 3 radical (unpaired) electrons. The molecule has 0 aliphatic rings. The van der Waals surface area contributed by atoms with E-state index in [1.165, 1.54) is 17.9 Å². The van der Waals surface area contributed by atoms with Gasteiger partial charge in [0, 0.05) is 8.41 Å². The predicted molar refractivity (Wildman–Crippen MR) is 48.2 cm³/mol. The molecule has 0 aliphatic heterocycles. The van der Waals surface area contributed by atoms with E-state index in [1.807, 2.05) is 11.8 Å². The maximum Gasteiger partial charge on any atom is 0 e.